The van der Waals surface area contributed by atoms with Crippen LogP contribution in [0, 0.1) is 56.7 Å². The average Bonchev–Trinajstić information content (AvgIpc) is 3.37. The number of fused-ring (bicyclic) bond motifs is 7. The number of carboxylic acid groups (broad SMARTS) is 1. The van der Waals surface area contributed by atoms with E-state index in [0.29, 0.717) is 35.9 Å². The van der Waals surface area contributed by atoms with E-state index >= 15 is 0 Å². The second-order valence-electron chi connectivity index (χ2n) is 20.6. The molecule has 5 aliphatic rings. The van der Waals surface area contributed by atoms with Crippen molar-refractivity contribution in [3.05, 3.63) is 45.5 Å². The highest BCUT2D eigenvalue weighted by Crippen LogP contribution is 2.73. The maximum atomic E-state index is 14.0. The number of carbonyl (C=O) groups excluding carboxylic acids is 2. The van der Waals surface area contributed by atoms with Gasteiger partial charge in [0.15, 0.2) is 5.78 Å². The van der Waals surface area contributed by atoms with Gasteiger partial charge in [-0.05, 0) is 162 Å². The van der Waals surface area contributed by atoms with Gasteiger partial charge in [0.25, 0.3) is 0 Å². The molecule has 6 rings (SSSR count). The fourth-order valence-electron chi connectivity index (χ4n) is 13.4. The Morgan fingerprint density at radius 2 is 1.69 bits per heavy atom. The summed E-state index contributed by atoms with van der Waals surface area (Å²) in [5.74, 6) is 1.31. The third kappa shape index (κ3) is 7.25. The first-order valence-corrected chi connectivity index (χ1v) is 21.4. The summed E-state index contributed by atoms with van der Waals surface area (Å²) in [6.07, 6.45) is 10.1. The number of nitrogens with zero attached hydrogens (tertiary/aromatic N) is 1. The average molecular weight is 766 g/mol. The quantitative estimate of drug-likeness (QED) is 0.162. The standard InChI is InChI=1S/C46H69ClN2O5/c1-28(2)39-34(50)24-46(21-22-48-26-29-11-12-31(47)23-30(29)27-49(9)10)20-15-33-32(40(39)46)13-14-36-44(33,7)18-16-35-43(5,6)37(17-19-45(35,36)8)54-38(51)25-42(3,4)41(52)53/h11-12,23,28,32-33,35-37,48H,13-22,24-27H2,1-10H3,(H,52,53). The van der Waals surface area contributed by atoms with Crippen molar-refractivity contribution < 1.29 is 24.2 Å². The number of carbonyl (C=O) groups is 3. The Morgan fingerprint density at radius 1 is 0.981 bits per heavy atom. The molecule has 8 unspecified atom stereocenters. The van der Waals surface area contributed by atoms with Gasteiger partial charge in [0, 0.05) is 35.4 Å². The van der Waals surface area contributed by atoms with Gasteiger partial charge < -0.3 is 20.1 Å². The molecule has 8 heteroatoms. The van der Waals surface area contributed by atoms with Gasteiger partial charge in [0.2, 0.25) is 0 Å². The van der Waals surface area contributed by atoms with Crippen molar-refractivity contribution in [3.63, 3.8) is 0 Å². The third-order valence-corrected chi connectivity index (χ3v) is 16.1. The zero-order chi connectivity index (χ0) is 39.6. The lowest BCUT2D eigenvalue weighted by Crippen LogP contribution is -2.63. The predicted octanol–water partition coefficient (Wildman–Crippen LogP) is 9.88. The lowest BCUT2D eigenvalue weighted by atomic mass is 9.36. The summed E-state index contributed by atoms with van der Waals surface area (Å²) in [6, 6.07) is 6.22. The minimum atomic E-state index is -1.15. The van der Waals surface area contributed by atoms with Gasteiger partial charge in [-0.15, -0.1) is 0 Å². The molecule has 1 aromatic rings. The van der Waals surface area contributed by atoms with Crippen LogP contribution in [-0.4, -0.2) is 54.5 Å². The van der Waals surface area contributed by atoms with Gasteiger partial charge in [-0.3, -0.25) is 14.4 Å². The van der Waals surface area contributed by atoms with Crippen LogP contribution in [0.5, 0.6) is 0 Å². The minimum Gasteiger partial charge on any atom is -0.481 e. The van der Waals surface area contributed by atoms with Gasteiger partial charge in [0.1, 0.15) is 6.10 Å². The molecule has 7 nitrogen and oxygen atoms in total. The van der Waals surface area contributed by atoms with Crippen LogP contribution in [-0.2, 0) is 32.2 Å². The Morgan fingerprint density at radius 3 is 2.35 bits per heavy atom. The first kappa shape index (κ1) is 41.4. The number of nitrogens with one attached hydrogen (secondary N) is 1. The zero-order valence-corrected chi connectivity index (χ0v) is 35.8. The summed E-state index contributed by atoms with van der Waals surface area (Å²) in [5, 5.41) is 14.2. The summed E-state index contributed by atoms with van der Waals surface area (Å²) >= 11 is 6.38. The van der Waals surface area contributed by atoms with E-state index in [1.54, 1.807) is 19.4 Å². The molecule has 8 atom stereocenters. The van der Waals surface area contributed by atoms with Crippen LogP contribution in [0.3, 0.4) is 0 Å². The zero-order valence-electron chi connectivity index (χ0n) is 35.0. The Bertz CT molecular complexity index is 1660. The highest BCUT2D eigenvalue weighted by atomic mass is 35.5. The molecule has 0 radical (unpaired) electrons. The number of rotatable bonds is 12. The van der Waals surface area contributed by atoms with E-state index in [4.69, 9.17) is 16.3 Å². The monoisotopic (exact) mass is 764 g/mol. The molecule has 2 N–H and O–H groups in total. The number of Topliss-reactive ketones (excluding diaryl/α,β-unsaturated/α-hetero) is 1. The van der Waals surface area contributed by atoms with Crippen LogP contribution in [0.1, 0.15) is 137 Å². The Kier molecular flexibility index (Phi) is 11.5. The SMILES string of the molecule is CC(C)C1=C2C3CCC4C(C)(CCC5C(C)(C)C(OC(=O)CC(C)(C)C(=O)O)CCC54C)C3CCC2(CCNCc2ccc(Cl)cc2CN(C)C)CC1=O. The number of ketones is 1. The van der Waals surface area contributed by atoms with Crippen molar-refractivity contribution >= 4 is 29.3 Å². The number of esters is 1. The predicted molar refractivity (Wildman–Crippen MR) is 216 cm³/mol. The topological polar surface area (TPSA) is 95.9 Å². The minimum absolute atomic E-state index is 0.0409. The van der Waals surface area contributed by atoms with Crippen LogP contribution in [0.15, 0.2) is 29.3 Å². The van der Waals surface area contributed by atoms with E-state index in [1.807, 2.05) is 6.07 Å². The Hall–Kier alpha value is -2.22. The van der Waals surface area contributed by atoms with Crippen molar-refractivity contribution in [3.8, 4) is 0 Å². The molecule has 0 aromatic heterocycles. The largest absolute Gasteiger partial charge is 0.481 e. The van der Waals surface area contributed by atoms with E-state index in [9.17, 15) is 19.5 Å². The number of carboxylic acids is 1. The van der Waals surface area contributed by atoms with Gasteiger partial charge in [0.05, 0.1) is 11.8 Å². The third-order valence-electron chi connectivity index (χ3n) is 15.9. The fourth-order valence-corrected chi connectivity index (χ4v) is 13.6. The van der Waals surface area contributed by atoms with Crippen molar-refractivity contribution in [2.24, 2.45) is 56.7 Å². The molecule has 0 heterocycles. The smallest absolute Gasteiger partial charge is 0.309 e. The highest BCUT2D eigenvalue weighted by Gasteiger charge is 2.66. The maximum Gasteiger partial charge on any atom is 0.309 e. The van der Waals surface area contributed by atoms with Crippen molar-refractivity contribution in [2.45, 2.75) is 145 Å². The lowest BCUT2D eigenvalue weighted by molar-refractivity contribution is -0.213. The first-order valence-electron chi connectivity index (χ1n) is 21.0. The molecule has 0 saturated heterocycles. The van der Waals surface area contributed by atoms with Gasteiger partial charge >= 0.3 is 11.9 Å². The molecule has 0 spiro atoms. The molecule has 300 valence electrons. The number of ether oxygens (including phenoxy) is 1. The number of hydrogen-bond donors (Lipinski definition) is 2. The van der Waals surface area contributed by atoms with E-state index in [0.717, 1.165) is 68.8 Å². The Labute approximate surface area is 330 Å². The van der Waals surface area contributed by atoms with Crippen LogP contribution in [0.25, 0.3) is 0 Å². The fraction of sp³-hybridized carbons (Fsp3) is 0.761. The molecule has 4 saturated carbocycles. The van der Waals surface area contributed by atoms with E-state index in [-0.39, 0.29) is 40.1 Å². The van der Waals surface area contributed by atoms with Gasteiger partial charge in [-0.1, -0.05) is 64.8 Å². The summed E-state index contributed by atoms with van der Waals surface area (Å²) < 4.78 is 6.17. The maximum absolute atomic E-state index is 14.0. The van der Waals surface area contributed by atoms with E-state index < -0.39 is 17.4 Å². The van der Waals surface area contributed by atoms with Gasteiger partial charge in [-0.25, -0.2) is 0 Å². The highest BCUT2D eigenvalue weighted by molar-refractivity contribution is 6.30. The summed E-state index contributed by atoms with van der Waals surface area (Å²) in [4.78, 5) is 41.0. The molecule has 54 heavy (non-hydrogen) atoms. The van der Waals surface area contributed by atoms with E-state index in [1.165, 1.54) is 30.4 Å². The van der Waals surface area contributed by atoms with Crippen molar-refractivity contribution in [2.75, 3.05) is 20.6 Å². The molecule has 0 aliphatic heterocycles. The molecule has 0 bridgehead atoms. The molecule has 4 fully saturated rings. The number of benzene rings is 1. The molecule has 1 aromatic carbocycles. The van der Waals surface area contributed by atoms with Crippen LogP contribution in [0.2, 0.25) is 5.02 Å². The molecular formula is C46H69ClN2O5. The van der Waals surface area contributed by atoms with Crippen LogP contribution < -0.4 is 5.32 Å². The van der Waals surface area contributed by atoms with Gasteiger partial charge in [-0.2, -0.15) is 0 Å². The molecule has 5 aliphatic carbocycles. The van der Waals surface area contributed by atoms with Crippen molar-refractivity contribution in [1.29, 1.82) is 0 Å². The summed E-state index contributed by atoms with van der Waals surface area (Å²) in [5.41, 5.74) is 4.19. The second-order valence-corrected chi connectivity index (χ2v) is 21.1. The molecular weight excluding hydrogens is 696 g/mol. The normalized spacial score (nSPS) is 34.7. The van der Waals surface area contributed by atoms with Crippen LogP contribution >= 0.6 is 11.6 Å². The number of aliphatic carboxylic acids is 1. The number of halogens is 1. The Balaban J connectivity index is 1.20. The number of allylic oxidation sites excluding steroid dienone is 2. The summed E-state index contributed by atoms with van der Waals surface area (Å²) in [7, 11) is 4.18. The second kappa shape index (κ2) is 14.9. The van der Waals surface area contributed by atoms with Crippen LogP contribution in [0.4, 0.5) is 0 Å². The van der Waals surface area contributed by atoms with Crippen molar-refractivity contribution in [1.82, 2.24) is 10.2 Å². The first-order chi connectivity index (χ1) is 25.2. The lowest BCUT2D eigenvalue weighted by Gasteiger charge is -2.69. The number of hydrogen-bond acceptors (Lipinski definition) is 6. The molecule has 0 amide bonds. The van der Waals surface area contributed by atoms with E-state index in [2.05, 4.69) is 78.0 Å². The summed E-state index contributed by atoms with van der Waals surface area (Å²) in [6.45, 7) is 20.0.